The van der Waals surface area contributed by atoms with E-state index in [0.717, 1.165) is 24.9 Å². The molecule has 2 saturated heterocycles. The number of likely N-dealkylation sites (tertiary alicyclic amines) is 2. The van der Waals surface area contributed by atoms with Crippen molar-refractivity contribution in [1.29, 1.82) is 0 Å². The fourth-order valence-electron chi connectivity index (χ4n) is 4.04. The number of hydrogen-bond acceptors (Lipinski definition) is 4. The highest BCUT2D eigenvalue weighted by atomic mass is 16.2. The van der Waals surface area contributed by atoms with Crippen LogP contribution in [0.25, 0.3) is 0 Å². The predicted molar refractivity (Wildman–Crippen MR) is 95.0 cm³/mol. The Kier molecular flexibility index (Phi) is 4.22. The number of aryl methyl sites for hydroxylation is 1. The first-order chi connectivity index (χ1) is 12.5. The van der Waals surface area contributed by atoms with E-state index >= 15 is 0 Å². The van der Waals surface area contributed by atoms with Crippen molar-refractivity contribution in [2.24, 2.45) is 12.5 Å². The molecule has 0 aliphatic carbocycles. The summed E-state index contributed by atoms with van der Waals surface area (Å²) >= 11 is 0. The van der Waals surface area contributed by atoms with Gasteiger partial charge in [0.25, 0.3) is 5.91 Å². The second-order valence-corrected chi connectivity index (χ2v) is 7.45. The van der Waals surface area contributed by atoms with E-state index in [9.17, 15) is 9.59 Å². The largest absolute Gasteiger partial charge is 0.338 e. The maximum Gasteiger partial charge on any atom is 0.274 e. The monoisotopic (exact) mass is 353 g/mol. The topological polar surface area (TPSA) is 71.3 Å². The minimum atomic E-state index is -0.0154. The Hall–Kier alpha value is -2.70. The number of nitrogens with zero attached hydrogens (tertiary/aromatic N) is 5. The van der Waals surface area contributed by atoms with E-state index in [1.807, 2.05) is 29.0 Å². The zero-order valence-electron chi connectivity index (χ0n) is 15.0. The average Bonchev–Trinajstić information content (AvgIpc) is 3.20. The van der Waals surface area contributed by atoms with E-state index in [4.69, 9.17) is 0 Å². The summed E-state index contributed by atoms with van der Waals surface area (Å²) in [5, 5.41) is 4.20. The summed E-state index contributed by atoms with van der Waals surface area (Å²) in [7, 11) is 1.81. The van der Waals surface area contributed by atoms with Crippen LogP contribution in [-0.4, -0.2) is 56.0 Å². The van der Waals surface area contributed by atoms with Crippen molar-refractivity contribution in [2.45, 2.75) is 25.8 Å². The van der Waals surface area contributed by atoms with Crippen molar-refractivity contribution in [3.8, 4) is 0 Å². The Balaban J connectivity index is 1.38. The smallest absolute Gasteiger partial charge is 0.274 e. The van der Waals surface area contributed by atoms with Crippen molar-refractivity contribution >= 4 is 11.8 Å². The molecule has 136 valence electrons. The molecule has 2 aliphatic heterocycles. The highest BCUT2D eigenvalue weighted by molar-refractivity contribution is 5.92. The number of rotatable bonds is 3. The molecule has 4 heterocycles. The number of pyridine rings is 1. The van der Waals surface area contributed by atoms with Crippen LogP contribution in [0.1, 0.15) is 35.3 Å². The van der Waals surface area contributed by atoms with Gasteiger partial charge in [0, 0.05) is 63.7 Å². The van der Waals surface area contributed by atoms with Crippen molar-refractivity contribution in [3.63, 3.8) is 0 Å². The molecule has 0 aromatic carbocycles. The van der Waals surface area contributed by atoms with E-state index < -0.39 is 0 Å². The molecular weight excluding hydrogens is 330 g/mol. The lowest BCUT2D eigenvalue weighted by Gasteiger charge is -2.38. The summed E-state index contributed by atoms with van der Waals surface area (Å²) in [4.78, 5) is 32.9. The zero-order valence-corrected chi connectivity index (χ0v) is 15.0. The Morgan fingerprint density at radius 2 is 1.92 bits per heavy atom. The highest BCUT2D eigenvalue weighted by Crippen LogP contribution is 2.41. The van der Waals surface area contributed by atoms with Gasteiger partial charge in [-0.05, 0) is 36.6 Å². The molecule has 0 unspecified atom stereocenters. The lowest BCUT2D eigenvalue weighted by molar-refractivity contribution is -0.128. The molecule has 1 spiro atoms. The standard InChI is InChI=1S/C19H23N5O2/c1-22-9-4-16(21-22)18(26)23-10-5-19(6-11-23)12-17(25)24(14-19)13-15-2-7-20-8-3-15/h2-4,7-9H,5-6,10-14H2,1H3. The molecule has 2 aromatic rings. The number of aromatic nitrogens is 3. The zero-order chi connectivity index (χ0) is 18.1. The van der Waals surface area contributed by atoms with E-state index in [1.54, 1.807) is 29.3 Å². The second kappa shape index (κ2) is 6.55. The van der Waals surface area contributed by atoms with E-state index in [0.29, 0.717) is 31.7 Å². The van der Waals surface area contributed by atoms with Gasteiger partial charge in [-0.2, -0.15) is 5.10 Å². The van der Waals surface area contributed by atoms with Gasteiger partial charge in [-0.1, -0.05) is 0 Å². The van der Waals surface area contributed by atoms with Crippen LogP contribution in [0.3, 0.4) is 0 Å². The minimum absolute atomic E-state index is 0.00497. The van der Waals surface area contributed by atoms with Crippen LogP contribution in [0.15, 0.2) is 36.8 Å². The Bertz CT molecular complexity index is 808. The molecule has 4 rings (SSSR count). The molecule has 7 nitrogen and oxygen atoms in total. The SMILES string of the molecule is Cn1ccc(C(=O)N2CCC3(CC2)CC(=O)N(Cc2ccncc2)C3)n1. The highest BCUT2D eigenvalue weighted by Gasteiger charge is 2.45. The third-order valence-corrected chi connectivity index (χ3v) is 5.57. The maximum absolute atomic E-state index is 12.6. The van der Waals surface area contributed by atoms with Gasteiger partial charge < -0.3 is 9.80 Å². The Morgan fingerprint density at radius 3 is 2.58 bits per heavy atom. The van der Waals surface area contributed by atoms with Crippen LogP contribution in [0.4, 0.5) is 0 Å². The van der Waals surface area contributed by atoms with Gasteiger partial charge in [0.2, 0.25) is 5.91 Å². The molecule has 0 saturated carbocycles. The molecule has 0 N–H and O–H groups in total. The maximum atomic E-state index is 12.6. The van der Waals surface area contributed by atoms with Crippen LogP contribution in [0, 0.1) is 5.41 Å². The summed E-state index contributed by atoms with van der Waals surface area (Å²) in [6.45, 7) is 2.79. The molecule has 0 bridgehead atoms. The minimum Gasteiger partial charge on any atom is -0.338 e. The molecule has 2 aliphatic rings. The summed E-state index contributed by atoms with van der Waals surface area (Å²) in [5.41, 5.74) is 1.60. The second-order valence-electron chi connectivity index (χ2n) is 7.45. The molecule has 7 heteroatoms. The van der Waals surface area contributed by atoms with Crippen LogP contribution < -0.4 is 0 Å². The first kappa shape index (κ1) is 16.8. The fraction of sp³-hybridized carbons (Fsp3) is 0.474. The van der Waals surface area contributed by atoms with Gasteiger partial charge in [-0.25, -0.2) is 0 Å². The fourth-order valence-corrected chi connectivity index (χ4v) is 4.04. The summed E-state index contributed by atoms with van der Waals surface area (Å²) < 4.78 is 1.64. The molecule has 26 heavy (non-hydrogen) atoms. The van der Waals surface area contributed by atoms with Crippen LogP contribution in [-0.2, 0) is 18.4 Å². The van der Waals surface area contributed by atoms with Crippen LogP contribution in [0.2, 0.25) is 0 Å². The van der Waals surface area contributed by atoms with Gasteiger partial charge in [0.15, 0.2) is 0 Å². The molecular formula is C19H23N5O2. The summed E-state index contributed by atoms with van der Waals surface area (Å²) in [5.74, 6) is 0.199. The van der Waals surface area contributed by atoms with Crippen molar-refractivity contribution in [2.75, 3.05) is 19.6 Å². The molecule has 2 amide bonds. The van der Waals surface area contributed by atoms with E-state index in [1.165, 1.54) is 0 Å². The number of hydrogen-bond donors (Lipinski definition) is 0. The number of carbonyl (C=O) groups is 2. The lowest BCUT2D eigenvalue weighted by atomic mass is 9.77. The van der Waals surface area contributed by atoms with Gasteiger partial charge in [-0.3, -0.25) is 19.3 Å². The van der Waals surface area contributed by atoms with Gasteiger partial charge in [0.05, 0.1) is 0 Å². The number of amides is 2. The Morgan fingerprint density at radius 1 is 1.19 bits per heavy atom. The normalized spacial score (nSPS) is 19.3. The molecule has 0 radical (unpaired) electrons. The average molecular weight is 353 g/mol. The summed E-state index contributed by atoms with van der Waals surface area (Å²) in [6, 6.07) is 5.65. The Labute approximate surface area is 152 Å². The molecule has 2 fully saturated rings. The van der Waals surface area contributed by atoms with Gasteiger partial charge in [-0.15, -0.1) is 0 Å². The molecule has 0 atom stereocenters. The van der Waals surface area contributed by atoms with Crippen LogP contribution in [0.5, 0.6) is 0 Å². The first-order valence-corrected chi connectivity index (χ1v) is 9.00. The third-order valence-electron chi connectivity index (χ3n) is 5.57. The van der Waals surface area contributed by atoms with Crippen molar-refractivity contribution in [3.05, 3.63) is 48.0 Å². The van der Waals surface area contributed by atoms with Crippen molar-refractivity contribution < 1.29 is 9.59 Å². The van der Waals surface area contributed by atoms with Gasteiger partial charge in [0.1, 0.15) is 5.69 Å². The summed E-state index contributed by atoms with van der Waals surface area (Å²) in [6.07, 6.45) is 7.62. The van der Waals surface area contributed by atoms with E-state index in [2.05, 4.69) is 10.1 Å². The van der Waals surface area contributed by atoms with Crippen LogP contribution >= 0.6 is 0 Å². The number of piperidine rings is 1. The lowest BCUT2D eigenvalue weighted by Crippen LogP contribution is -2.44. The van der Waals surface area contributed by atoms with Crippen molar-refractivity contribution in [1.82, 2.24) is 24.6 Å². The van der Waals surface area contributed by atoms with Gasteiger partial charge >= 0.3 is 0 Å². The number of carbonyl (C=O) groups excluding carboxylic acids is 2. The molecule has 2 aromatic heterocycles. The first-order valence-electron chi connectivity index (χ1n) is 9.00. The van der Waals surface area contributed by atoms with E-state index in [-0.39, 0.29) is 17.2 Å². The predicted octanol–water partition coefficient (Wildman–Crippen LogP) is 1.47. The third kappa shape index (κ3) is 3.21. The quantitative estimate of drug-likeness (QED) is 0.838.